The van der Waals surface area contributed by atoms with Gasteiger partial charge in [-0.3, -0.25) is 0 Å². The van der Waals surface area contributed by atoms with Crippen LogP contribution in [0.5, 0.6) is 0 Å². The number of hydrogen-bond donors (Lipinski definition) is 2. The van der Waals surface area contributed by atoms with Gasteiger partial charge in [0.15, 0.2) is 5.84 Å². The van der Waals surface area contributed by atoms with Crippen molar-refractivity contribution in [2.45, 2.75) is 20.3 Å². The Morgan fingerprint density at radius 1 is 1.53 bits per heavy atom. The number of hydrazone groups is 1. The fraction of sp³-hybridized carbons (Fsp3) is 0.500. The molecule has 1 heterocycles. The van der Waals surface area contributed by atoms with Crippen molar-refractivity contribution in [3.05, 3.63) is 21.9 Å². The molecule has 0 radical (unpaired) electrons. The predicted molar refractivity (Wildman–Crippen MR) is 65.5 cm³/mol. The van der Waals surface area contributed by atoms with Gasteiger partial charge >= 0.3 is 0 Å². The van der Waals surface area contributed by atoms with Crippen LogP contribution < -0.4 is 11.6 Å². The summed E-state index contributed by atoms with van der Waals surface area (Å²) in [5.41, 5.74) is 5.78. The van der Waals surface area contributed by atoms with Crippen molar-refractivity contribution < 1.29 is 0 Å². The molecule has 0 saturated carbocycles. The summed E-state index contributed by atoms with van der Waals surface area (Å²) in [7, 11) is 1.65. The van der Waals surface area contributed by atoms with Crippen molar-refractivity contribution >= 4 is 17.2 Å². The molecule has 0 fully saturated rings. The number of nitrogens with zero attached hydrogens (tertiary/aromatic N) is 2. The normalized spacial score (nSPS) is 12.2. The molecule has 0 spiro atoms. The Bertz CT molecular complexity index is 341. The van der Waals surface area contributed by atoms with Gasteiger partial charge in [0, 0.05) is 11.9 Å². The molecule has 1 aromatic rings. The molecular weight excluding hydrogens is 208 g/mol. The van der Waals surface area contributed by atoms with Gasteiger partial charge in [-0.25, -0.2) is 11.0 Å². The first-order valence-electron chi connectivity index (χ1n) is 4.90. The second kappa shape index (κ2) is 5.14. The Kier molecular flexibility index (Phi) is 4.11. The lowest BCUT2D eigenvalue weighted by molar-refractivity contribution is 0.372. The third-order valence-electron chi connectivity index (χ3n) is 1.79. The second-order valence-electron chi connectivity index (χ2n) is 3.92. The number of amidine groups is 1. The number of hydrazine groups is 1. The highest BCUT2D eigenvalue weighted by atomic mass is 32.1. The van der Waals surface area contributed by atoms with Crippen molar-refractivity contribution in [1.82, 2.24) is 5.12 Å². The zero-order valence-corrected chi connectivity index (χ0v) is 10.2. The SMILES string of the molecule is CC(C)Cc1ccc(/C(N)=N/N(C)N)s1. The van der Waals surface area contributed by atoms with E-state index < -0.39 is 0 Å². The summed E-state index contributed by atoms with van der Waals surface area (Å²) in [6.45, 7) is 4.40. The number of rotatable bonds is 4. The highest BCUT2D eigenvalue weighted by Gasteiger charge is 2.05. The van der Waals surface area contributed by atoms with E-state index in [-0.39, 0.29) is 0 Å². The summed E-state index contributed by atoms with van der Waals surface area (Å²) in [5, 5.41) is 5.18. The molecule has 0 aliphatic heterocycles. The molecule has 0 bridgehead atoms. The van der Waals surface area contributed by atoms with Crippen LogP contribution in [0.3, 0.4) is 0 Å². The van der Waals surface area contributed by atoms with Crippen LogP contribution in [0.4, 0.5) is 0 Å². The van der Waals surface area contributed by atoms with E-state index in [1.165, 1.54) is 10.00 Å². The third-order valence-corrected chi connectivity index (χ3v) is 2.92. The van der Waals surface area contributed by atoms with Crippen LogP contribution in [0.25, 0.3) is 0 Å². The van der Waals surface area contributed by atoms with Gasteiger partial charge in [-0.1, -0.05) is 13.8 Å². The summed E-state index contributed by atoms with van der Waals surface area (Å²) in [5.74, 6) is 6.52. The van der Waals surface area contributed by atoms with Crippen molar-refractivity contribution in [2.24, 2.45) is 22.6 Å². The maximum absolute atomic E-state index is 5.78. The first kappa shape index (κ1) is 12.0. The molecule has 0 aromatic carbocycles. The van der Waals surface area contributed by atoms with Crippen LogP contribution >= 0.6 is 11.3 Å². The minimum Gasteiger partial charge on any atom is -0.381 e. The predicted octanol–water partition coefficient (Wildman–Crippen LogP) is 1.37. The molecule has 5 heteroatoms. The molecule has 84 valence electrons. The Balaban J connectivity index is 2.75. The Hall–Kier alpha value is -1.07. The van der Waals surface area contributed by atoms with E-state index in [9.17, 15) is 0 Å². The largest absolute Gasteiger partial charge is 0.381 e. The second-order valence-corrected chi connectivity index (χ2v) is 5.09. The van der Waals surface area contributed by atoms with Crippen LogP contribution in [0.1, 0.15) is 23.6 Å². The van der Waals surface area contributed by atoms with E-state index in [1.807, 2.05) is 6.07 Å². The van der Waals surface area contributed by atoms with Crippen LogP contribution in [0.2, 0.25) is 0 Å². The zero-order chi connectivity index (χ0) is 11.4. The van der Waals surface area contributed by atoms with Gasteiger partial charge in [0.05, 0.1) is 4.88 Å². The molecule has 0 unspecified atom stereocenters. The maximum Gasteiger partial charge on any atom is 0.162 e. The summed E-state index contributed by atoms with van der Waals surface area (Å²) in [4.78, 5) is 2.31. The third kappa shape index (κ3) is 3.89. The van der Waals surface area contributed by atoms with Crippen LogP contribution in [0, 0.1) is 5.92 Å². The molecule has 4 N–H and O–H groups in total. The topological polar surface area (TPSA) is 67.6 Å². The first-order chi connectivity index (χ1) is 6.99. The lowest BCUT2D eigenvalue weighted by atomic mass is 10.1. The van der Waals surface area contributed by atoms with Crippen molar-refractivity contribution in [2.75, 3.05) is 7.05 Å². The summed E-state index contributed by atoms with van der Waals surface area (Å²) in [6, 6.07) is 4.09. The summed E-state index contributed by atoms with van der Waals surface area (Å²) in [6.07, 6.45) is 1.08. The van der Waals surface area contributed by atoms with Gasteiger partial charge < -0.3 is 5.73 Å². The van der Waals surface area contributed by atoms with Gasteiger partial charge in [0.1, 0.15) is 0 Å². The average Bonchev–Trinajstić information content (AvgIpc) is 2.50. The Labute approximate surface area is 94.5 Å². The summed E-state index contributed by atoms with van der Waals surface area (Å²) >= 11 is 1.67. The van der Waals surface area contributed by atoms with Crippen LogP contribution in [-0.4, -0.2) is 18.0 Å². The van der Waals surface area contributed by atoms with E-state index in [4.69, 9.17) is 11.6 Å². The maximum atomic E-state index is 5.78. The zero-order valence-electron chi connectivity index (χ0n) is 9.40. The highest BCUT2D eigenvalue weighted by molar-refractivity contribution is 7.14. The number of thiophene rings is 1. The molecular formula is C10H18N4S. The molecule has 0 atom stereocenters. The monoisotopic (exact) mass is 226 g/mol. The molecule has 0 aliphatic rings. The Morgan fingerprint density at radius 2 is 2.20 bits per heavy atom. The number of hydrogen-bond acceptors (Lipinski definition) is 4. The van der Waals surface area contributed by atoms with Gasteiger partial charge in [-0.15, -0.1) is 16.4 Å². The lowest BCUT2D eigenvalue weighted by Gasteiger charge is -2.04. The van der Waals surface area contributed by atoms with Crippen molar-refractivity contribution in [3.8, 4) is 0 Å². The van der Waals surface area contributed by atoms with E-state index in [0.717, 1.165) is 11.3 Å². The quantitative estimate of drug-likeness (QED) is 0.353. The van der Waals surface area contributed by atoms with E-state index in [1.54, 1.807) is 18.4 Å². The Morgan fingerprint density at radius 3 is 2.73 bits per heavy atom. The molecule has 4 nitrogen and oxygen atoms in total. The van der Waals surface area contributed by atoms with Crippen molar-refractivity contribution in [1.29, 1.82) is 0 Å². The highest BCUT2D eigenvalue weighted by Crippen LogP contribution is 2.19. The smallest absolute Gasteiger partial charge is 0.162 e. The fourth-order valence-electron chi connectivity index (χ4n) is 1.25. The van der Waals surface area contributed by atoms with Gasteiger partial charge in [0.25, 0.3) is 0 Å². The van der Waals surface area contributed by atoms with E-state index >= 15 is 0 Å². The van der Waals surface area contributed by atoms with Crippen LogP contribution in [0.15, 0.2) is 17.2 Å². The molecule has 15 heavy (non-hydrogen) atoms. The minimum absolute atomic E-state index is 0.472. The first-order valence-corrected chi connectivity index (χ1v) is 5.72. The number of nitrogens with two attached hydrogens (primary N) is 2. The standard InChI is InChI=1S/C10H18N4S/c1-7(2)6-8-4-5-9(15-8)10(11)13-14(3)12/h4-5,7H,6,12H2,1-3H3,(H2,11,13). The van der Waals surface area contributed by atoms with E-state index in [0.29, 0.717) is 11.8 Å². The fourth-order valence-corrected chi connectivity index (χ4v) is 2.36. The van der Waals surface area contributed by atoms with Crippen LogP contribution in [-0.2, 0) is 6.42 Å². The molecule has 0 amide bonds. The molecule has 0 aliphatic carbocycles. The molecule has 1 aromatic heterocycles. The van der Waals surface area contributed by atoms with Gasteiger partial charge in [-0.05, 0) is 24.5 Å². The lowest BCUT2D eigenvalue weighted by Crippen LogP contribution is -2.25. The average molecular weight is 226 g/mol. The van der Waals surface area contributed by atoms with Gasteiger partial charge in [0.2, 0.25) is 0 Å². The van der Waals surface area contributed by atoms with Gasteiger partial charge in [-0.2, -0.15) is 0 Å². The summed E-state index contributed by atoms with van der Waals surface area (Å²) < 4.78 is 0. The minimum atomic E-state index is 0.472. The molecule has 0 saturated heterocycles. The molecule has 1 rings (SSSR count). The van der Waals surface area contributed by atoms with Crippen molar-refractivity contribution in [3.63, 3.8) is 0 Å². The van der Waals surface area contributed by atoms with E-state index in [2.05, 4.69) is 25.0 Å².